The molecule has 1 atom stereocenters. The van der Waals surface area contributed by atoms with Gasteiger partial charge in [-0.15, -0.1) is 0 Å². The summed E-state index contributed by atoms with van der Waals surface area (Å²) in [7, 11) is 0. The predicted octanol–water partition coefficient (Wildman–Crippen LogP) is 1.35. The zero-order chi connectivity index (χ0) is 13.4. The van der Waals surface area contributed by atoms with Gasteiger partial charge in [-0.3, -0.25) is 4.90 Å². The lowest BCUT2D eigenvalue weighted by atomic mass is 10.0. The number of halogens is 3. The highest BCUT2D eigenvalue weighted by Crippen LogP contribution is 2.32. The smallest absolute Gasteiger partial charge is 0.360 e. The van der Waals surface area contributed by atoms with E-state index in [0.717, 1.165) is 0 Å². The zero-order valence-electron chi connectivity index (χ0n) is 10.2. The Kier molecular flexibility index (Phi) is 3.33. The first-order valence-corrected chi connectivity index (χ1v) is 5.58. The fourth-order valence-corrected chi connectivity index (χ4v) is 2.12. The summed E-state index contributed by atoms with van der Waals surface area (Å²) >= 11 is 0. The molecule has 0 aliphatic carbocycles. The van der Waals surface area contributed by atoms with Crippen molar-refractivity contribution in [1.29, 1.82) is 0 Å². The Balaban J connectivity index is 2.07. The normalized spacial score (nSPS) is 25.3. The van der Waals surface area contributed by atoms with Gasteiger partial charge >= 0.3 is 6.18 Å². The number of aromatic amines is 1. The van der Waals surface area contributed by atoms with Crippen LogP contribution in [-0.4, -0.2) is 51.3 Å². The fraction of sp³-hybridized carbons (Fsp3) is 0.800. The quantitative estimate of drug-likeness (QED) is 0.876. The van der Waals surface area contributed by atoms with Crippen LogP contribution in [0.5, 0.6) is 0 Å². The van der Waals surface area contributed by atoms with Crippen LogP contribution in [0.3, 0.4) is 0 Å². The molecule has 0 bridgehead atoms. The van der Waals surface area contributed by atoms with E-state index < -0.39 is 17.9 Å². The molecule has 1 aliphatic heterocycles. The van der Waals surface area contributed by atoms with Crippen molar-refractivity contribution in [3.8, 4) is 0 Å². The number of nitrogens with one attached hydrogen (secondary N) is 1. The maximum absolute atomic E-state index is 12.8. The topological polar surface area (TPSA) is 54.0 Å². The van der Waals surface area contributed by atoms with Gasteiger partial charge in [-0.25, -0.2) is 0 Å². The molecule has 2 rings (SSSR count). The highest BCUT2D eigenvalue weighted by Gasteiger charge is 2.47. The van der Waals surface area contributed by atoms with Crippen LogP contribution in [0, 0.1) is 0 Å². The molecular weight excluding hydrogens is 249 g/mol. The molecule has 1 saturated heterocycles. The summed E-state index contributed by atoms with van der Waals surface area (Å²) in [6, 6.07) is 0. The highest BCUT2D eigenvalue weighted by atomic mass is 19.4. The molecular formula is C10H15F3N4O. The lowest BCUT2D eigenvalue weighted by Crippen LogP contribution is -2.56. The largest absolute Gasteiger partial charge is 0.415 e. The van der Waals surface area contributed by atoms with Crippen molar-refractivity contribution in [2.45, 2.75) is 38.3 Å². The van der Waals surface area contributed by atoms with Crippen molar-refractivity contribution >= 4 is 0 Å². The first-order valence-electron chi connectivity index (χ1n) is 5.58. The number of alkyl halides is 3. The van der Waals surface area contributed by atoms with Gasteiger partial charge < -0.3 is 4.74 Å². The second kappa shape index (κ2) is 4.51. The molecule has 1 fully saturated rings. The van der Waals surface area contributed by atoms with Crippen LogP contribution < -0.4 is 0 Å². The third-order valence-electron chi connectivity index (χ3n) is 2.71. The minimum atomic E-state index is -4.35. The van der Waals surface area contributed by atoms with Crippen LogP contribution in [0.2, 0.25) is 0 Å². The third-order valence-corrected chi connectivity index (χ3v) is 2.71. The third kappa shape index (κ3) is 3.20. The number of morpholine rings is 1. The average Bonchev–Trinajstić information content (AvgIpc) is 2.66. The molecule has 1 N–H and O–H groups in total. The molecule has 0 amide bonds. The van der Waals surface area contributed by atoms with Crippen LogP contribution in [0.1, 0.15) is 19.5 Å². The minimum absolute atomic E-state index is 0.181. The lowest BCUT2D eigenvalue weighted by molar-refractivity contribution is -0.273. The number of hydrogen-bond donors (Lipinski definition) is 1. The highest BCUT2D eigenvalue weighted by molar-refractivity contribution is 4.94. The van der Waals surface area contributed by atoms with E-state index in [1.165, 1.54) is 6.20 Å². The first-order chi connectivity index (χ1) is 8.26. The number of hydrogen-bond acceptors (Lipinski definition) is 4. The van der Waals surface area contributed by atoms with E-state index in [4.69, 9.17) is 4.74 Å². The van der Waals surface area contributed by atoms with Gasteiger partial charge in [-0.05, 0) is 13.8 Å². The maximum Gasteiger partial charge on any atom is 0.415 e. The lowest BCUT2D eigenvalue weighted by Gasteiger charge is -2.42. The number of ether oxygens (including phenoxy) is 1. The molecule has 102 valence electrons. The van der Waals surface area contributed by atoms with Crippen molar-refractivity contribution in [3.63, 3.8) is 0 Å². The second-order valence-electron chi connectivity index (χ2n) is 5.04. The molecule has 1 aliphatic rings. The molecule has 18 heavy (non-hydrogen) atoms. The summed E-state index contributed by atoms with van der Waals surface area (Å²) in [5.41, 5.74) is -0.212. The zero-order valence-corrected chi connectivity index (χ0v) is 10.2. The van der Waals surface area contributed by atoms with E-state index >= 15 is 0 Å². The predicted molar refractivity (Wildman–Crippen MR) is 56.7 cm³/mol. The maximum atomic E-state index is 12.8. The summed E-state index contributed by atoms with van der Waals surface area (Å²) < 4.78 is 43.3. The van der Waals surface area contributed by atoms with E-state index in [0.29, 0.717) is 18.8 Å². The van der Waals surface area contributed by atoms with Gasteiger partial charge in [-0.1, -0.05) is 0 Å². The standard InChI is InChI=1S/C10H15F3N4O/c1-9(2)6-17(4-7-3-14-16-15-7)5-8(18-9)10(11,12)13/h3,8H,4-6H2,1-2H3,(H,14,15,16). The summed E-state index contributed by atoms with van der Waals surface area (Å²) in [6.45, 7) is 3.88. The second-order valence-corrected chi connectivity index (χ2v) is 5.04. The molecule has 2 heterocycles. The molecule has 1 aromatic rings. The van der Waals surface area contributed by atoms with Crippen molar-refractivity contribution in [1.82, 2.24) is 20.3 Å². The van der Waals surface area contributed by atoms with E-state index in [-0.39, 0.29) is 6.54 Å². The Hall–Kier alpha value is -1.15. The Labute approximate surface area is 102 Å². The van der Waals surface area contributed by atoms with Crippen LogP contribution in [0.4, 0.5) is 13.2 Å². The Morgan fingerprint density at radius 1 is 1.56 bits per heavy atom. The van der Waals surface area contributed by atoms with Gasteiger partial charge in [0.1, 0.15) is 0 Å². The molecule has 1 unspecified atom stereocenters. The van der Waals surface area contributed by atoms with Crippen LogP contribution in [0.15, 0.2) is 6.20 Å². The van der Waals surface area contributed by atoms with Gasteiger partial charge in [-0.2, -0.15) is 28.6 Å². The van der Waals surface area contributed by atoms with Crippen molar-refractivity contribution in [2.24, 2.45) is 0 Å². The molecule has 8 heteroatoms. The van der Waals surface area contributed by atoms with Gasteiger partial charge in [0, 0.05) is 19.6 Å². The summed E-state index contributed by atoms with van der Waals surface area (Å²) in [5.74, 6) is 0. The number of H-pyrrole nitrogens is 1. The summed E-state index contributed by atoms with van der Waals surface area (Å²) in [4.78, 5) is 1.68. The monoisotopic (exact) mass is 264 g/mol. The minimum Gasteiger partial charge on any atom is -0.360 e. The van der Waals surface area contributed by atoms with Gasteiger partial charge in [0.15, 0.2) is 6.10 Å². The van der Waals surface area contributed by atoms with Gasteiger partial charge in [0.2, 0.25) is 0 Å². The van der Waals surface area contributed by atoms with Crippen LogP contribution in [0.25, 0.3) is 0 Å². The van der Waals surface area contributed by atoms with Gasteiger partial charge in [0.05, 0.1) is 17.5 Å². The Morgan fingerprint density at radius 3 is 2.83 bits per heavy atom. The average molecular weight is 264 g/mol. The first kappa shape index (κ1) is 13.3. The van der Waals surface area contributed by atoms with Crippen molar-refractivity contribution in [2.75, 3.05) is 13.1 Å². The molecule has 1 aromatic heterocycles. The van der Waals surface area contributed by atoms with E-state index in [1.54, 1.807) is 18.7 Å². The van der Waals surface area contributed by atoms with E-state index in [2.05, 4.69) is 15.4 Å². The molecule has 0 saturated carbocycles. The SMILES string of the molecule is CC1(C)CN(Cc2cn[nH]n2)CC(C(F)(F)F)O1. The van der Waals surface area contributed by atoms with Gasteiger partial charge in [0.25, 0.3) is 0 Å². The molecule has 0 radical (unpaired) electrons. The van der Waals surface area contributed by atoms with Crippen LogP contribution in [-0.2, 0) is 11.3 Å². The Bertz CT molecular complexity index is 390. The summed E-state index contributed by atoms with van der Waals surface area (Å²) in [5, 5.41) is 9.92. The number of nitrogens with zero attached hydrogens (tertiary/aromatic N) is 3. The molecule has 0 aromatic carbocycles. The number of rotatable bonds is 2. The fourth-order valence-electron chi connectivity index (χ4n) is 2.12. The van der Waals surface area contributed by atoms with Crippen molar-refractivity contribution in [3.05, 3.63) is 11.9 Å². The van der Waals surface area contributed by atoms with Crippen LogP contribution >= 0.6 is 0 Å². The van der Waals surface area contributed by atoms with E-state index in [9.17, 15) is 13.2 Å². The van der Waals surface area contributed by atoms with Crippen molar-refractivity contribution < 1.29 is 17.9 Å². The molecule has 0 spiro atoms. The number of aromatic nitrogens is 3. The van der Waals surface area contributed by atoms with E-state index in [1.807, 2.05) is 0 Å². The molecule has 5 nitrogen and oxygen atoms in total. The Morgan fingerprint density at radius 2 is 2.28 bits per heavy atom. The summed E-state index contributed by atoms with van der Waals surface area (Å²) in [6.07, 6.45) is -4.60.